The average Bonchev–Trinajstić information content (AvgIpc) is 2.29. The van der Waals surface area contributed by atoms with Gasteiger partial charge in [-0.05, 0) is 51.3 Å². The molecule has 2 aromatic rings. The number of halogens is 5. The second-order valence-corrected chi connectivity index (χ2v) is 5.84. The lowest BCUT2D eigenvalue weighted by atomic mass is 10.1. The highest BCUT2D eigenvalue weighted by Gasteiger charge is 2.08. The molecule has 0 unspecified atom stereocenters. The molecule has 0 saturated carbocycles. The average molecular weight is 371 g/mol. The van der Waals surface area contributed by atoms with Crippen LogP contribution in [0.15, 0.2) is 34.8 Å². The molecule has 0 amide bonds. The van der Waals surface area contributed by atoms with Crippen molar-refractivity contribution in [3.63, 3.8) is 0 Å². The maximum absolute atomic E-state index is 6.02. The van der Waals surface area contributed by atoms with Crippen LogP contribution >= 0.6 is 62.3 Å². The van der Waals surface area contributed by atoms with Gasteiger partial charge < -0.3 is 0 Å². The summed E-state index contributed by atoms with van der Waals surface area (Å²) in [6.07, 6.45) is 0. The molecule has 0 radical (unpaired) electrons. The van der Waals surface area contributed by atoms with Gasteiger partial charge in [0.15, 0.2) is 0 Å². The maximum Gasteiger partial charge on any atom is 0.0734 e. The molecule has 88 valence electrons. The first-order valence-electron chi connectivity index (χ1n) is 4.59. The van der Waals surface area contributed by atoms with E-state index in [4.69, 9.17) is 46.4 Å². The van der Waals surface area contributed by atoms with Gasteiger partial charge >= 0.3 is 0 Å². The van der Waals surface area contributed by atoms with E-state index in [1.165, 1.54) is 0 Å². The van der Waals surface area contributed by atoms with Crippen LogP contribution in [0.1, 0.15) is 0 Å². The second-order valence-electron chi connectivity index (χ2n) is 3.38. The van der Waals surface area contributed by atoms with Gasteiger partial charge in [0.25, 0.3) is 0 Å². The van der Waals surface area contributed by atoms with E-state index >= 15 is 0 Å². The molecule has 0 heterocycles. The summed E-state index contributed by atoms with van der Waals surface area (Å²) in [6.45, 7) is 0. The molecule has 0 aliphatic rings. The standard InChI is InChI=1S/C12H5BrCl4/c13-8-3-7(5-11(16)12(8)17)6-1-2-9(14)10(15)4-6/h1-5H. The van der Waals surface area contributed by atoms with Gasteiger partial charge in [-0.1, -0.05) is 52.5 Å². The number of benzene rings is 2. The fourth-order valence-corrected chi connectivity index (χ4v) is 2.60. The number of hydrogen-bond acceptors (Lipinski definition) is 0. The minimum absolute atomic E-state index is 0.488. The van der Waals surface area contributed by atoms with Crippen molar-refractivity contribution in [3.05, 3.63) is 54.9 Å². The lowest BCUT2D eigenvalue weighted by Gasteiger charge is -2.07. The normalized spacial score (nSPS) is 10.6. The Balaban J connectivity index is 2.57. The summed E-state index contributed by atoms with van der Waals surface area (Å²) >= 11 is 27.2. The first kappa shape index (κ1) is 13.5. The molecule has 0 aromatic heterocycles. The molecule has 0 spiro atoms. The highest BCUT2D eigenvalue weighted by molar-refractivity contribution is 9.10. The Bertz CT molecular complexity index is 558. The molecule has 0 aliphatic heterocycles. The fourth-order valence-electron chi connectivity index (χ4n) is 1.40. The van der Waals surface area contributed by atoms with Crippen LogP contribution in [0.25, 0.3) is 11.1 Å². The summed E-state index contributed by atoms with van der Waals surface area (Å²) in [6, 6.07) is 9.08. The van der Waals surface area contributed by atoms with Crippen LogP contribution in [0.5, 0.6) is 0 Å². The molecular weight excluding hydrogens is 366 g/mol. The van der Waals surface area contributed by atoms with Crippen molar-refractivity contribution in [1.29, 1.82) is 0 Å². The molecule has 0 fully saturated rings. The molecule has 0 saturated heterocycles. The molecule has 0 bridgehead atoms. The van der Waals surface area contributed by atoms with Crippen molar-refractivity contribution in [2.75, 3.05) is 0 Å². The minimum atomic E-state index is 0.488. The predicted octanol–water partition coefficient (Wildman–Crippen LogP) is 6.73. The molecule has 0 nitrogen and oxygen atoms in total. The molecule has 0 atom stereocenters. The summed E-state index contributed by atoms with van der Waals surface area (Å²) in [7, 11) is 0. The van der Waals surface area contributed by atoms with Gasteiger partial charge in [0.1, 0.15) is 0 Å². The smallest absolute Gasteiger partial charge is 0.0734 e. The molecule has 2 rings (SSSR count). The van der Waals surface area contributed by atoms with Gasteiger partial charge in [-0.3, -0.25) is 0 Å². The maximum atomic E-state index is 6.02. The zero-order chi connectivity index (χ0) is 12.6. The fraction of sp³-hybridized carbons (Fsp3) is 0. The Morgan fingerprint density at radius 1 is 0.706 bits per heavy atom. The third kappa shape index (κ3) is 2.91. The van der Waals surface area contributed by atoms with Crippen LogP contribution < -0.4 is 0 Å². The van der Waals surface area contributed by atoms with Crippen molar-refractivity contribution in [2.24, 2.45) is 0 Å². The van der Waals surface area contributed by atoms with E-state index in [2.05, 4.69) is 15.9 Å². The van der Waals surface area contributed by atoms with Crippen molar-refractivity contribution in [1.82, 2.24) is 0 Å². The van der Waals surface area contributed by atoms with Gasteiger partial charge in [-0.15, -0.1) is 0 Å². The van der Waals surface area contributed by atoms with E-state index in [0.29, 0.717) is 20.1 Å². The van der Waals surface area contributed by atoms with Crippen LogP contribution in [0.2, 0.25) is 20.1 Å². The van der Waals surface area contributed by atoms with E-state index in [-0.39, 0.29) is 0 Å². The van der Waals surface area contributed by atoms with E-state index in [1.807, 2.05) is 12.1 Å². The summed E-state index contributed by atoms with van der Waals surface area (Å²) in [5.41, 5.74) is 1.85. The summed E-state index contributed by atoms with van der Waals surface area (Å²) in [4.78, 5) is 0. The SMILES string of the molecule is Clc1ccc(-c2cc(Cl)c(Cl)c(Br)c2)cc1Cl. The molecule has 0 N–H and O–H groups in total. The van der Waals surface area contributed by atoms with Gasteiger partial charge in [0.05, 0.1) is 20.1 Å². The van der Waals surface area contributed by atoms with Gasteiger partial charge in [0.2, 0.25) is 0 Å². The van der Waals surface area contributed by atoms with Crippen molar-refractivity contribution >= 4 is 62.3 Å². The van der Waals surface area contributed by atoms with Gasteiger partial charge in [0, 0.05) is 4.47 Å². The van der Waals surface area contributed by atoms with Crippen molar-refractivity contribution in [2.45, 2.75) is 0 Å². The monoisotopic (exact) mass is 368 g/mol. The molecule has 0 aliphatic carbocycles. The van der Waals surface area contributed by atoms with Gasteiger partial charge in [-0.25, -0.2) is 0 Å². The number of rotatable bonds is 1. The lowest BCUT2D eigenvalue weighted by molar-refractivity contribution is 1.59. The predicted molar refractivity (Wildman–Crippen MR) is 79.6 cm³/mol. The Morgan fingerprint density at radius 2 is 1.35 bits per heavy atom. The molecule has 5 heteroatoms. The first-order chi connectivity index (χ1) is 7.99. The summed E-state index contributed by atoms with van der Waals surface area (Å²) in [5, 5.41) is 2.01. The van der Waals surface area contributed by atoms with Crippen molar-refractivity contribution in [3.8, 4) is 11.1 Å². The third-order valence-electron chi connectivity index (χ3n) is 2.24. The van der Waals surface area contributed by atoms with E-state index in [0.717, 1.165) is 15.6 Å². The van der Waals surface area contributed by atoms with Crippen LogP contribution in [-0.2, 0) is 0 Å². The van der Waals surface area contributed by atoms with Crippen LogP contribution in [0, 0.1) is 0 Å². The summed E-state index contributed by atoms with van der Waals surface area (Å²) in [5.74, 6) is 0. The molecule has 2 aromatic carbocycles. The Morgan fingerprint density at radius 3 is 1.94 bits per heavy atom. The highest BCUT2D eigenvalue weighted by atomic mass is 79.9. The minimum Gasteiger partial charge on any atom is -0.0827 e. The Kier molecular flexibility index (Phi) is 4.27. The Hall–Kier alpha value is 0.0800. The lowest BCUT2D eigenvalue weighted by Crippen LogP contribution is -1.81. The van der Waals surface area contributed by atoms with E-state index in [1.54, 1.807) is 18.2 Å². The van der Waals surface area contributed by atoms with Crippen LogP contribution in [0.4, 0.5) is 0 Å². The molecular formula is C12H5BrCl4. The van der Waals surface area contributed by atoms with Crippen molar-refractivity contribution < 1.29 is 0 Å². The number of hydrogen-bond donors (Lipinski definition) is 0. The highest BCUT2D eigenvalue weighted by Crippen LogP contribution is 2.36. The zero-order valence-corrected chi connectivity index (χ0v) is 12.9. The largest absolute Gasteiger partial charge is 0.0827 e. The second kappa shape index (κ2) is 5.38. The first-order valence-corrected chi connectivity index (χ1v) is 6.89. The Labute approximate surface area is 128 Å². The third-order valence-corrected chi connectivity index (χ3v) is 4.63. The quantitative estimate of drug-likeness (QED) is 0.488. The molecule has 17 heavy (non-hydrogen) atoms. The topological polar surface area (TPSA) is 0 Å². The zero-order valence-electron chi connectivity index (χ0n) is 8.28. The van der Waals surface area contributed by atoms with E-state index < -0.39 is 0 Å². The van der Waals surface area contributed by atoms with Crippen LogP contribution in [0.3, 0.4) is 0 Å². The van der Waals surface area contributed by atoms with Crippen LogP contribution in [-0.4, -0.2) is 0 Å². The van der Waals surface area contributed by atoms with Gasteiger partial charge in [-0.2, -0.15) is 0 Å². The van der Waals surface area contributed by atoms with E-state index in [9.17, 15) is 0 Å². The summed E-state index contributed by atoms with van der Waals surface area (Å²) < 4.78 is 0.743.